The maximum absolute atomic E-state index is 12.2. The number of hydrogen-bond acceptors (Lipinski definition) is 4. The number of hydrogen-bond donors (Lipinski definition) is 0. The first kappa shape index (κ1) is 24.0. The molecule has 0 rings (SSSR count). The van der Waals surface area contributed by atoms with Crippen LogP contribution in [0.25, 0.3) is 0 Å². The number of rotatable bonds is 8. The van der Waals surface area contributed by atoms with Gasteiger partial charge in [-0.2, -0.15) is 0 Å². The standard InChI is InChI=1S/C17H36N2O4Si2/c1-13(2)10-25(11-14(3)4,12-15(5)6)23-17(21)19-18-16(20)22-24(7,8)9/h13-15H,10-12H2,1-9H3/b19-18+. The van der Waals surface area contributed by atoms with Crippen molar-refractivity contribution in [1.29, 1.82) is 0 Å². The molecule has 0 fully saturated rings. The zero-order valence-electron chi connectivity index (χ0n) is 17.4. The van der Waals surface area contributed by atoms with Gasteiger partial charge in [0.05, 0.1) is 0 Å². The summed E-state index contributed by atoms with van der Waals surface area (Å²) in [6, 6.07) is 2.68. The van der Waals surface area contributed by atoms with Gasteiger partial charge in [0, 0.05) is 0 Å². The summed E-state index contributed by atoms with van der Waals surface area (Å²) in [5.41, 5.74) is 0. The average Bonchev–Trinajstić information content (AvgIpc) is 2.30. The van der Waals surface area contributed by atoms with Crippen molar-refractivity contribution in [2.75, 3.05) is 0 Å². The lowest BCUT2D eigenvalue weighted by molar-refractivity contribution is 0.196. The smallest absolute Gasteiger partial charge is 0.439 e. The van der Waals surface area contributed by atoms with E-state index in [0.717, 1.165) is 18.1 Å². The number of carbonyl (C=O) groups is 2. The van der Waals surface area contributed by atoms with E-state index in [9.17, 15) is 9.59 Å². The van der Waals surface area contributed by atoms with Crippen LogP contribution in [-0.2, 0) is 8.85 Å². The van der Waals surface area contributed by atoms with E-state index in [4.69, 9.17) is 8.85 Å². The molecule has 0 saturated carbocycles. The number of carbonyl (C=O) groups excluding carboxylic acids is 2. The molecule has 0 aromatic carbocycles. The van der Waals surface area contributed by atoms with E-state index in [-0.39, 0.29) is 0 Å². The predicted molar refractivity (Wildman–Crippen MR) is 106 cm³/mol. The Morgan fingerprint density at radius 2 is 1.04 bits per heavy atom. The molecule has 0 saturated heterocycles. The topological polar surface area (TPSA) is 77.3 Å². The van der Waals surface area contributed by atoms with E-state index in [1.165, 1.54) is 0 Å². The summed E-state index contributed by atoms with van der Waals surface area (Å²) in [6.45, 7) is 18.4. The van der Waals surface area contributed by atoms with Crippen LogP contribution in [0.1, 0.15) is 41.5 Å². The Bertz CT molecular complexity index is 445. The monoisotopic (exact) mass is 388 g/mol. The molecule has 0 heterocycles. The van der Waals surface area contributed by atoms with Gasteiger partial charge in [-0.05, 0) is 55.5 Å². The highest BCUT2D eigenvalue weighted by Gasteiger charge is 2.40. The molecule has 0 spiro atoms. The summed E-state index contributed by atoms with van der Waals surface area (Å²) in [5.74, 6) is 1.31. The summed E-state index contributed by atoms with van der Waals surface area (Å²) in [5, 5.41) is 6.84. The maximum Gasteiger partial charge on any atom is 0.439 e. The molecule has 0 aliphatic heterocycles. The molecule has 0 atom stereocenters. The van der Waals surface area contributed by atoms with Crippen LogP contribution >= 0.6 is 0 Å². The summed E-state index contributed by atoms with van der Waals surface area (Å²) < 4.78 is 11.0. The first-order valence-electron chi connectivity index (χ1n) is 9.12. The first-order chi connectivity index (χ1) is 11.2. The van der Waals surface area contributed by atoms with Crippen LogP contribution in [0.3, 0.4) is 0 Å². The Kier molecular flexibility index (Phi) is 9.78. The van der Waals surface area contributed by atoms with Crippen molar-refractivity contribution in [3.8, 4) is 0 Å². The van der Waals surface area contributed by atoms with Crippen molar-refractivity contribution in [2.45, 2.75) is 79.3 Å². The molecule has 0 bridgehead atoms. The molecule has 0 aliphatic carbocycles. The fraction of sp³-hybridized carbons (Fsp3) is 0.882. The molecule has 0 aromatic rings. The van der Waals surface area contributed by atoms with Gasteiger partial charge < -0.3 is 8.85 Å². The minimum Gasteiger partial charge on any atom is -0.502 e. The minimum absolute atomic E-state index is 0.436. The fourth-order valence-corrected chi connectivity index (χ4v) is 9.37. The SMILES string of the molecule is CC(C)C[Si](CC(C)C)(CC(C)C)OC(=O)/N=N/C(=O)O[Si](C)(C)C. The lowest BCUT2D eigenvalue weighted by Crippen LogP contribution is -2.43. The van der Waals surface area contributed by atoms with Crippen LogP contribution in [0, 0.1) is 17.8 Å². The maximum atomic E-state index is 12.2. The van der Waals surface area contributed by atoms with Crippen LogP contribution < -0.4 is 0 Å². The third-order valence-electron chi connectivity index (χ3n) is 3.25. The highest BCUT2D eigenvalue weighted by molar-refractivity contribution is 6.75. The van der Waals surface area contributed by atoms with Crippen molar-refractivity contribution >= 4 is 28.8 Å². The average molecular weight is 389 g/mol. The molecule has 0 N–H and O–H groups in total. The van der Waals surface area contributed by atoms with Crippen LogP contribution in [0.4, 0.5) is 9.59 Å². The number of azo groups is 1. The molecular formula is C17H36N2O4Si2. The van der Waals surface area contributed by atoms with Gasteiger partial charge in [0.1, 0.15) is 0 Å². The van der Waals surface area contributed by atoms with E-state index < -0.39 is 28.8 Å². The highest BCUT2D eigenvalue weighted by atomic mass is 28.4. The van der Waals surface area contributed by atoms with Gasteiger partial charge in [-0.25, -0.2) is 9.59 Å². The van der Waals surface area contributed by atoms with Crippen molar-refractivity contribution in [3.05, 3.63) is 0 Å². The lowest BCUT2D eigenvalue weighted by Gasteiger charge is -2.34. The van der Waals surface area contributed by atoms with E-state index in [2.05, 4.69) is 51.8 Å². The fourth-order valence-electron chi connectivity index (χ4n) is 3.18. The largest absolute Gasteiger partial charge is 0.502 e. The zero-order chi connectivity index (χ0) is 19.8. The molecule has 6 nitrogen and oxygen atoms in total. The second kappa shape index (κ2) is 10.2. The summed E-state index contributed by atoms with van der Waals surface area (Å²) in [7, 11) is -4.36. The Labute approximate surface area is 155 Å². The predicted octanol–water partition coefficient (Wildman–Crippen LogP) is 6.46. The highest BCUT2D eigenvalue weighted by Crippen LogP contribution is 2.33. The molecule has 2 amide bonds. The molecule has 0 aromatic heterocycles. The molecule has 8 heteroatoms. The van der Waals surface area contributed by atoms with Crippen LogP contribution in [-0.4, -0.2) is 28.8 Å². The van der Waals surface area contributed by atoms with E-state index in [0.29, 0.717) is 17.8 Å². The molecule has 25 heavy (non-hydrogen) atoms. The van der Waals surface area contributed by atoms with E-state index in [1.54, 1.807) is 0 Å². The van der Waals surface area contributed by atoms with Gasteiger partial charge in [-0.1, -0.05) is 51.8 Å². The van der Waals surface area contributed by atoms with Crippen LogP contribution in [0.2, 0.25) is 37.8 Å². The first-order valence-corrected chi connectivity index (χ1v) is 15.1. The van der Waals surface area contributed by atoms with Gasteiger partial charge in [-0.3, -0.25) is 0 Å². The van der Waals surface area contributed by atoms with Gasteiger partial charge in [0.25, 0.3) is 8.32 Å². The minimum atomic E-state index is -2.31. The second-order valence-corrected chi connectivity index (χ2v) is 17.2. The van der Waals surface area contributed by atoms with Crippen molar-refractivity contribution in [2.24, 2.45) is 28.0 Å². The Morgan fingerprint density at radius 1 is 0.720 bits per heavy atom. The van der Waals surface area contributed by atoms with Crippen LogP contribution in [0.15, 0.2) is 10.2 Å². The second-order valence-electron chi connectivity index (χ2n) is 9.03. The third kappa shape index (κ3) is 12.0. The van der Waals surface area contributed by atoms with Crippen molar-refractivity contribution in [1.82, 2.24) is 0 Å². The summed E-state index contributed by atoms with van der Waals surface area (Å²) >= 11 is 0. The van der Waals surface area contributed by atoms with E-state index >= 15 is 0 Å². The summed E-state index contributed by atoms with van der Waals surface area (Å²) in [6.07, 6.45) is -1.58. The third-order valence-corrected chi connectivity index (χ3v) is 9.33. The van der Waals surface area contributed by atoms with Crippen molar-refractivity contribution in [3.63, 3.8) is 0 Å². The van der Waals surface area contributed by atoms with Gasteiger partial charge >= 0.3 is 12.2 Å². The molecular weight excluding hydrogens is 352 g/mol. The molecule has 0 radical (unpaired) electrons. The lowest BCUT2D eigenvalue weighted by atomic mass is 10.2. The number of amides is 2. The Hall–Kier alpha value is -1.03. The van der Waals surface area contributed by atoms with Gasteiger partial charge in [0.15, 0.2) is 0 Å². The zero-order valence-corrected chi connectivity index (χ0v) is 19.4. The molecule has 0 aliphatic rings. The molecule has 0 unspecified atom stereocenters. The Balaban J connectivity index is 5.20. The quantitative estimate of drug-likeness (QED) is 0.353. The van der Waals surface area contributed by atoms with Crippen LogP contribution in [0.5, 0.6) is 0 Å². The normalized spacial score (nSPS) is 13.1. The van der Waals surface area contributed by atoms with E-state index in [1.807, 2.05) is 19.6 Å². The van der Waals surface area contributed by atoms with Gasteiger partial charge in [-0.15, -0.1) is 0 Å². The van der Waals surface area contributed by atoms with Crippen molar-refractivity contribution < 1.29 is 18.4 Å². The molecule has 146 valence electrons. The summed E-state index contributed by atoms with van der Waals surface area (Å²) in [4.78, 5) is 23.8. The number of nitrogens with zero attached hydrogens (tertiary/aromatic N) is 2. The van der Waals surface area contributed by atoms with Gasteiger partial charge in [0.2, 0.25) is 8.32 Å². The Morgan fingerprint density at radius 3 is 1.32 bits per heavy atom.